The summed E-state index contributed by atoms with van der Waals surface area (Å²) in [6, 6.07) is 0. The predicted octanol–water partition coefficient (Wildman–Crippen LogP) is 1.16. The van der Waals surface area contributed by atoms with Gasteiger partial charge < -0.3 is 0 Å². The second-order valence-corrected chi connectivity index (χ2v) is 8.77. The molecule has 0 aromatic heterocycles. The topological polar surface area (TPSA) is 43.4 Å². The van der Waals surface area contributed by atoms with Crippen LogP contribution in [0.15, 0.2) is 0 Å². The van der Waals surface area contributed by atoms with Gasteiger partial charge in [0.15, 0.2) is 0 Å². The van der Waals surface area contributed by atoms with Crippen LogP contribution in [0.1, 0.15) is 19.8 Å². The van der Waals surface area contributed by atoms with Gasteiger partial charge in [-0.05, 0) is 6.42 Å². The molecule has 0 aromatic rings. The van der Waals surface area contributed by atoms with E-state index in [0.717, 1.165) is 12.8 Å². The molecule has 0 aromatic carbocycles. The minimum atomic E-state index is -3.19. The van der Waals surface area contributed by atoms with E-state index in [1.54, 1.807) is 0 Å². The first-order chi connectivity index (χ1) is 5.48. The van der Waals surface area contributed by atoms with Crippen LogP contribution in [-0.2, 0) is 14.3 Å². The van der Waals surface area contributed by atoms with Gasteiger partial charge in [0.2, 0.25) is 0 Å². The maximum atomic E-state index is 11.1. The van der Waals surface area contributed by atoms with Crippen molar-refractivity contribution in [1.82, 2.24) is 0 Å². The van der Waals surface area contributed by atoms with Crippen molar-refractivity contribution in [2.45, 2.75) is 32.9 Å². The number of rotatable bonds is 6. The first-order valence-corrected chi connectivity index (χ1v) is 9.05. The molecule has 3 nitrogen and oxygen atoms in total. The monoisotopic (exact) mass is 210 g/mol. The molecule has 0 aliphatic heterocycles. The molecule has 0 bridgehead atoms. The van der Waals surface area contributed by atoms with Crippen molar-refractivity contribution in [1.29, 1.82) is 0 Å². The van der Waals surface area contributed by atoms with Crippen LogP contribution in [0, 0.1) is 0 Å². The van der Waals surface area contributed by atoms with Crippen LogP contribution in [0.4, 0.5) is 0 Å². The molecule has 0 aliphatic rings. The zero-order chi connectivity index (χ0) is 9.61. The smallest absolute Gasteiger partial charge is 0.264 e. The normalized spacial score (nSPS) is 12.3. The van der Waals surface area contributed by atoms with Crippen molar-refractivity contribution in [3.63, 3.8) is 0 Å². The molecule has 0 saturated heterocycles. The predicted molar refractivity (Wildman–Crippen MR) is 53.5 cm³/mol. The van der Waals surface area contributed by atoms with E-state index in [-0.39, 0.29) is 5.38 Å². The lowest BCUT2D eigenvalue weighted by Gasteiger charge is -2.05. The fourth-order valence-corrected chi connectivity index (χ4v) is 4.81. The zero-order valence-electron chi connectivity index (χ0n) is 8.04. The van der Waals surface area contributed by atoms with Crippen molar-refractivity contribution < 1.29 is 12.6 Å². The van der Waals surface area contributed by atoms with E-state index in [1.165, 1.54) is 0 Å². The summed E-state index contributed by atoms with van der Waals surface area (Å²) in [5, 5.41) is 0.261. The van der Waals surface area contributed by atoms with Crippen molar-refractivity contribution in [2.75, 3.05) is 12.0 Å². The Balaban J connectivity index is 3.73. The van der Waals surface area contributed by atoms with E-state index in [4.69, 9.17) is 4.18 Å². The molecule has 0 saturated carbocycles. The molecule has 0 spiro atoms. The van der Waals surface area contributed by atoms with Crippen LogP contribution in [0.25, 0.3) is 0 Å². The van der Waals surface area contributed by atoms with Gasteiger partial charge in [-0.15, -0.1) is 0 Å². The average molecular weight is 210 g/mol. The Kier molecular flexibility index (Phi) is 5.78. The molecule has 0 atom stereocenters. The molecule has 0 N–H and O–H groups in total. The molecule has 74 valence electrons. The fourth-order valence-electron chi connectivity index (χ4n) is 0.787. The lowest BCUT2D eigenvalue weighted by Crippen LogP contribution is -2.21. The van der Waals surface area contributed by atoms with Gasteiger partial charge in [-0.2, -0.15) is 8.42 Å². The summed E-state index contributed by atoms with van der Waals surface area (Å²) in [6.07, 6.45) is 1.79. The largest absolute Gasteiger partial charge is 0.270 e. The summed E-state index contributed by atoms with van der Waals surface area (Å²) in [5.41, 5.74) is 0. The first-order valence-electron chi connectivity index (χ1n) is 4.35. The minimum absolute atomic E-state index is 0.261. The van der Waals surface area contributed by atoms with Crippen LogP contribution in [0.3, 0.4) is 0 Å². The Hall–Kier alpha value is 0.127. The quantitative estimate of drug-likeness (QED) is 0.375. The Morgan fingerprint density at radius 3 is 2.33 bits per heavy atom. The first kappa shape index (κ1) is 12.1. The van der Waals surface area contributed by atoms with Crippen LogP contribution in [-0.4, -0.2) is 29.2 Å². The Labute approximate surface area is 76.9 Å². The third kappa shape index (κ3) is 6.81. The Morgan fingerprint density at radius 1 is 1.33 bits per heavy atom. The number of hydrogen-bond donors (Lipinski definition) is 0. The van der Waals surface area contributed by atoms with Crippen LogP contribution < -0.4 is 0 Å². The molecule has 0 amide bonds. The third-order valence-corrected chi connectivity index (χ3v) is 6.12. The van der Waals surface area contributed by atoms with Crippen molar-refractivity contribution >= 4 is 18.9 Å². The van der Waals surface area contributed by atoms with Crippen molar-refractivity contribution in [2.24, 2.45) is 0 Å². The Morgan fingerprint density at radius 2 is 1.92 bits per heavy atom. The number of hydrogen-bond acceptors (Lipinski definition) is 3. The third-order valence-electron chi connectivity index (χ3n) is 1.30. The molecular weight excluding hydrogens is 192 g/mol. The molecule has 0 rings (SSSR count). The number of unbranched alkanes of at least 4 members (excludes halogenated alkanes) is 1. The van der Waals surface area contributed by atoms with E-state index in [1.807, 2.05) is 20.0 Å². The van der Waals surface area contributed by atoms with Gasteiger partial charge in [0.1, 0.15) is 0 Å². The van der Waals surface area contributed by atoms with Crippen LogP contribution in [0.5, 0.6) is 0 Å². The van der Waals surface area contributed by atoms with Crippen molar-refractivity contribution in [3.05, 3.63) is 0 Å². The highest BCUT2D eigenvalue weighted by Crippen LogP contribution is 1.98. The summed E-state index contributed by atoms with van der Waals surface area (Å²) in [4.78, 5) is 0. The standard InChI is InChI=1S/C7H18O3SSi/c1-4-5-6-10-11(8,9)7-12(2)3/h12H,4-7H2,1-3H3. The molecule has 0 aliphatic carbocycles. The van der Waals surface area contributed by atoms with Gasteiger partial charge in [-0.1, -0.05) is 26.4 Å². The molecule has 0 fully saturated rings. The van der Waals surface area contributed by atoms with Gasteiger partial charge in [0.05, 0.1) is 20.8 Å². The van der Waals surface area contributed by atoms with E-state index in [2.05, 4.69) is 0 Å². The second kappa shape index (κ2) is 5.72. The lowest BCUT2D eigenvalue weighted by molar-refractivity contribution is 0.313. The van der Waals surface area contributed by atoms with E-state index in [0.29, 0.717) is 6.61 Å². The van der Waals surface area contributed by atoms with Crippen LogP contribution >= 0.6 is 0 Å². The summed E-state index contributed by atoms with van der Waals surface area (Å²) in [7, 11) is -4.25. The zero-order valence-corrected chi connectivity index (χ0v) is 10.0. The molecule has 12 heavy (non-hydrogen) atoms. The Bertz CT molecular complexity index is 199. The molecular formula is C7H18O3SSi. The average Bonchev–Trinajstić information content (AvgIpc) is 1.84. The van der Waals surface area contributed by atoms with Gasteiger partial charge in [-0.3, -0.25) is 4.18 Å². The SMILES string of the molecule is CCCCOS(=O)(=O)C[SiH](C)C. The highest BCUT2D eigenvalue weighted by Gasteiger charge is 2.13. The fraction of sp³-hybridized carbons (Fsp3) is 1.00. The second-order valence-electron chi connectivity index (χ2n) is 3.29. The maximum Gasteiger partial charge on any atom is 0.264 e. The van der Waals surface area contributed by atoms with Crippen LogP contribution in [0.2, 0.25) is 13.1 Å². The summed E-state index contributed by atoms with van der Waals surface area (Å²) >= 11 is 0. The minimum Gasteiger partial charge on any atom is -0.270 e. The summed E-state index contributed by atoms with van der Waals surface area (Å²) in [6.45, 7) is 6.36. The van der Waals surface area contributed by atoms with Gasteiger partial charge in [0, 0.05) is 0 Å². The highest BCUT2D eigenvalue weighted by molar-refractivity contribution is 7.88. The van der Waals surface area contributed by atoms with E-state index in [9.17, 15) is 8.42 Å². The van der Waals surface area contributed by atoms with Gasteiger partial charge >= 0.3 is 0 Å². The molecule has 0 radical (unpaired) electrons. The lowest BCUT2D eigenvalue weighted by atomic mass is 10.4. The molecule has 5 heteroatoms. The van der Waals surface area contributed by atoms with Gasteiger partial charge in [-0.25, -0.2) is 0 Å². The summed E-state index contributed by atoms with van der Waals surface area (Å²) in [5.74, 6) is 0. The molecule has 0 unspecified atom stereocenters. The molecule has 0 heterocycles. The summed E-state index contributed by atoms with van der Waals surface area (Å²) < 4.78 is 27.0. The van der Waals surface area contributed by atoms with E-state index >= 15 is 0 Å². The van der Waals surface area contributed by atoms with Gasteiger partial charge in [0.25, 0.3) is 10.1 Å². The maximum absolute atomic E-state index is 11.1. The van der Waals surface area contributed by atoms with E-state index < -0.39 is 18.9 Å². The van der Waals surface area contributed by atoms with Crippen molar-refractivity contribution in [3.8, 4) is 0 Å². The highest BCUT2D eigenvalue weighted by atomic mass is 32.2.